The SMILES string of the molecule is COc1ccc(C(=O)N(C)CCCCCc2cc(-c3ccc(F)cc3)n[nH]2)cc1[N+](=O)[O-]. The smallest absolute Gasteiger partial charge is 0.311 e. The Morgan fingerprint density at radius 1 is 1.16 bits per heavy atom. The van der Waals surface area contributed by atoms with Crippen molar-refractivity contribution in [3.05, 3.63) is 75.7 Å². The number of nitrogens with zero attached hydrogens (tertiary/aromatic N) is 3. The van der Waals surface area contributed by atoms with Crippen LogP contribution in [0.2, 0.25) is 0 Å². The number of carbonyl (C=O) groups is 1. The van der Waals surface area contributed by atoms with Crippen LogP contribution in [0.4, 0.5) is 10.1 Å². The number of aromatic amines is 1. The lowest BCUT2D eigenvalue weighted by Gasteiger charge is -2.17. The summed E-state index contributed by atoms with van der Waals surface area (Å²) in [6.07, 6.45) is 3.45. The van der Waals surface area contributed by atoms with Gasteiger partial charge in [-0.15, -0.1) is 0 Å². The number of ether oxygens (including phenoxy) is 1. The van der Waals surface area contributed by atoms with E-state index in [0.29, 0.717) is 6.54 Å². The molecule has 3 rings (SSSR count). The number of carbonyl (C=O) groups excluding carboxylic acids is 1. The Bertz CT molecular complexity index is 1080. The summed E-state index contributed by atoms with van der Waals surface area (Å²) in [7, 11) is 3.03. The molecule has 1 amide bonds. The number of aromatic nitrogens is 2. The zero-order valence-corrected chi connectivity index (χ0v) is 18.0. The molecule has 168 valence electrons. The third-order valence-corrected chi connectivity index (χ3v) is 5.18. The standard InChI is InChI=1S/C23H25FN4O4/c1-27(23(29)17-9-12-22(32-2)21(14-17)28(30)31)13-5-3-4-6-19-15-20(26-25-19)16-7-10-18(24)11-8-16/h7-12,14-15H,3-6,13H2,1-2H3,(H,25,26). The zero-order chi connectivity index (χ0) is 23.1. The van der Waals surface area contributed by atoms with Crippen LogP contribution in [0, 0.1) is 15.9 Å². The number of hydrogen-bond donors (Lipinski definition) is 1. The van der Waals surface area contributed by atoms with Gasteiger partial charge in [-0.25, -0.2) is 4.39 Å². The number of nitro benzene ring substituents is 1. The van der Waals surface area contributed by atoms with E-state index in [1.807, 2.05) is 6.07 Å². The Hall–Kier alpha value is -3.75. The number of hydrogen-bond acceptors (Lipinski definition) is 5. The van der Waals surface area contributed by atoms with Gasteiger partial charge in [0.1, 0.15) is 5.82 Å². The van der Waals surface area contributed by atoms with Crippen LogP contribution in [0.1, 0.15) is 35.3 Å². The summed E-state index contributed by atoms with van der Waals surface area (Å²) in [6.45, 7) is 0.544. The molecule has 0 atom stereocenters. The number of rotatable bonds is 10. The van der Waals surface area contributed by atoms with Gasteiger partial charge < -0.3 is 9.64 Å². The molecule has 0 spiro atoms. The van der Waals surface area contributed by atoms with Crippen LogP contribution in [0.5, 0.6) is 5.75 Å². The van der Waals surface area contributed by atoms with Gasteiger partial charge >= 0.3 is 5.69 Å². The van der Waals surface area contributed by atoms with Crippen molar-refractivity contribution < 1.29 is 18.8 Å². The number of unbranched alkanes of at least 4 members (excludes halogenated alkanes) is 2. The van der Waals surface area contributed by atoms with E-state index in [-0.39, 0.29) is 28.7 Å². The first kappa shape index (κ1) is 22.9. The quantitative estimate of drug-likeness (QED) is 0.282. The van der Waals surface area contributed by atoms with Crippen LogP contribution in [-0.4, -0.2) is 46.6 Å². The highest BCUT2D eigenvalue weighted by atomic mass is 19.1. The maximum absolute atomic E-state index is 13.0. The largest absolute Gasteiger partial charge is 0.490 e. The molecule has 1 heterocycles. The second-order valence-corrected chi connectivity index (χ2v) is 7.47. The number of H-pyrrole nitrogens is 1. The van der Waals surface area contributed by atoms with Gasteiger partial charge in [0, 0.05) is 36.5 Å². The molecule has 0 saturated carbocycles. The number of benzene rings is 2. The van der Waals surface area contributed by atoms with Crippen molar-refractivity contribution in [2.75, 3.05) is 20.7 Å². The van der Waals surface area contributed by atoms with Crippen LogP contribution >= 0.6 is 0 Å². The normalized spacial score (nSPS) is 10.7. The molecule has 8 nitrogen and oxygen atoms in total. The van der Waals surface area contributed by atoms with E-state index in [1.54, 1.807) is 24.1 Å². The molecule has 0 aliphatic rings. The predicted octanol–water partition coefficient (Wildman–Crippen LogP) is 4.62. The Kier molecular flexibility index (Phi) is 7.54. The van der Waals surface area contributed by atoms with Crippen molar-refractivity contribution in [2.45, 2.75) is 25.7 Å². The molecular formula is C23H25FN4O4. The van der Waals surface area contributed by atoms with E-state index >= 15 is 0 Å². The maximum Gasteiger partial charge on any atom is 0.311 e. The van der Waals surface area contributed by atoms with Crippen LogP contribution in [0.25, 0.3) is 11.3 Å². The number of nitro groups is 1. The first-order valence-electron chi connectivity index (χ1n) is 10.3. The Balaban J connectivity index is 1.45. The van der Waals surface area contributed by atoms with Crippen molar-refractivity contribution in [1.29, 1.82) is 0 Å². The molecule has 1 aromatic heterocycles. The minimum Gasteiger partial charge on any atom is -0.490 e. The van der Waals surface area contributed by atoms with Crippen molar-refractivity contribution in [1.82, 2.24) is 15.1 Å². The van der Waals surface area contributed by atoms with Gasteiger partial charge in [-0.2, -0.15) is 5.10 Å². The third kappa shape index (κ3) is 5.69. The van der Waals surface area contributed by atoms with Crippen molar-refractivity contribution in [3.63, 3.8) is 0 Å². The van der Waals surface area contributed by atoms with Crippen molar-refractivity contribution >= 4 is 11.6 Å². The van der Waals surface area contributed by atoms with Gasteiger partial charge in [-0.05, 0) is 61.7 Å². The molecule has 0 aliphatic heterocycles. The van der Waals surface area contributed by atoms with Crippen LogP contribution < -0.4 is 4.74 Å². The Morgan fingerprint density at radius 2 is 1.91 bits per heavy atom. The predicted molar refractivity (Wildman–Crippen MR) is 118 cm³/mol. The lowest BCUT2D eigenvalue weighted by molar-refractivity contribution is -0.385. The third-order valence-electron chi connectivity index (χ3n) is 5.18. The summed E-state index contributed by atoms with van der Waals surface area (Å²) in [5.74, 6) is -0.429. The van der Waals surface area contributed by atoms with Gasteiger partial charge in [0.25, 0.3) is 5.91 Å². The van der Waals surface area contributed by atoms with E-state index in [2.05, 4.69) is 10.2 Å². The average molecular weight is 440 g/mol. The molecular weight excluding hydrogens is 415 g/mol. The number of halogens is 1. The minimum absolute atomic E-state index is 0.121. The fourth-order valence-electron chi connectivity index (χ4n) is 3.39. The number of methoxy groups -OCH3 is 1. The highest BCUT2D eigenvalue weighted by Gasteiger charge is 2.20. The van der Waals surface area contributed by atoms with E-state index < -0.39 is 4.92 Å². The number of amides is 1. The molecule has 0 bridgehead atoms. The molecule has 1 N–H and O–H groups in total. The molecule has 0 aliphatic carbocycles. The zero-order valence-electron chi connectivity index (χ0n) is 18.0. The van der Waals surface area contributed by atoms with Crippen molar-refractivity contribution in [2.24, 2.45) is 0 Å². The van der Waals surface area contributed by atoms with Crippen LogP contribution in [-0.2, 0) is 6.42 Å². The highest BCUT2D eigenvalue weighted by molar-refractivity contribution is 5.95. The van der Waals surface area contributed by atoms with E-state index in [4.69, 9.17) is 4.74 Å². The molecule has 0 saturated heterocycles. The molecule has 32 heavy (non-hydrogen) atoms. The number of nitrogens with one attached hydrogen (secondary N) is 1. The van der Waals surface area contributed by atoms with E-state index in [1.165, 1.54) is 37.4 Å². The molecule has 0 unspecified atom stereocenters. The molecule has 2 aromatic carbocycles. The summed E-state index contributed by atoms with van der Waals surface area (Å²) in [6, 6.07) is 12.4. The monoisotopic (exact) mass is 440 g/mol. The second-order valence-electron chi connectivity index (χ2n) is 7.47. The Morgan fingerprint density at radius 3 is 2.59 bits per heavy atom. The molecule has 9 heteroatoms. The lowest BCUT2D eigenvalue weighted by Crippen LogP contribution is -2.27. The Labute approximate surface area is 185 Å². The van der Waals surface area contributed by atoms with Crippen LogP contribution in [0.15, 0.2) is 48.5 Å². The summed E-state index contributed by atoms with van der Waals surface area (Å²) in [5.41, 5.74) is 2.66. The van der Waals surface area contributed by atoms with Gasteiger partial charge in [-0.3, -0.25) is 20.0 Å². The van der Waals surface area contributed by atoms with Gasteiger partial charge in [0.2, 0.25) is 0 Å². The van der Waals surface area contributed by atoms with Crippen LogP contribution in [0.3, 0.4) is 0 Å². The topological polar surface area (TPSA) is 101 Å². The summed E-state index contributed by atoms with van der Waals surface area (Å²) >= 11 is 0. The lowest BCUT2D eigenvalue weighted by atomic mass is 10.1. The maximum atomic E-state index is 13.0. The average Bonchev–Trinajstić information content (AvgIpc) is 3.27. The van der Waals surface area contributed by atoms with Gasteiger partial charge in [0.15, 0.2) is 5.75 Å². The van der Waals surface area contributed by atoms with Gasteiger partial charge in [0.05, 0.1) is 17.7 Å². The fraction of sp³-hybridized carbons (Fsp3) is 0.304. The summed E-state index contributed by atoms with van der Waals surface area (Å²) < 4.78 is 18.0. The van der Waals surface area contributed by atoms with Gasteiger partial charge in [-0.1, -0.05) is 6.42 Å². The van der Waals surface area contributed by atoms with E-state index in [0.717, 1.165) is 42.6 Å². The fourth-order valence-corrected chi connectivity index (χ4v) is 3.39. The second kappa shape index (κ2) is 10.5. The number of aryl methyl sites for hydroxylation is 1. The minimum atomic E-state index is -0.563. The first-order chi connectivity index (χ1) is 15.4. The summed E-state index contributed by atoms with van der Waals surface area (Å²) in [4.78, 5) is 24.7. The molecule has 0 radical (unpaired) electrons. The molecule has 0 fully saturated rings. The molecule has 3 aromatic rings. The highest BCUT2D eigenvalue weighted by Crippen LogP contribution is 2.28. The van der Waals surface area contributed by atoms with E-state index in [9.17, 15) is 19.3 Å². The first-order valence-corrected chi connectivity index (χ1v) is 10.3. The summed E-state index contributed by atoms with van der Waals surface area (Å²) in [5, 5.41) is 18.4. The van der Waals surface area contributed by atoms with Crippen molar-refractivity contribution in [3.8, 4) is 17.0 Å².